The van der Waals surface area contributed by atoms with Gasteiger partial charge in [0.15, 0.2) is 0 Å². The van der Waals surface area contributed by atoms with Gasteiger partial charge in [-0.3, -0.25) is 19.3 Å². The van der Waals surface area contributed by atoms with Crippen LogP contribution in [0.3, 0.4) is 0 Å². The lowest BCUT2D eigenvalue weighted by atomic mass is 9.97. The van der Waals surface area contributed by atoms with Crippen molar-refractivity contribution in [2.24, 2.45) is 10.9 Å². The highest BCUT2D eigenvalue weighted by molar-refractivity contribution is 6.20. The van der Waals surface area contributed by atoms with Crippen molar-refractivity contribution < 1.29 is 27.6 Å². The third kappa shape index (κ3) is 7.68. The monoisotopic (exact) mass is 557 g/mol. The number of hydrogen-bond acceptors (Lipinski definition) is 5. The maximum absolute atomic E-state index is 13.4. The van der Waals surface area contributed by atoms with E-state index in [4.69, 9.17) is 0 Å². The second-order valence-electron chi connectivity index (χ2n) is 10.2. The molecular formula is C29H34F3N5O3. The second-order valence-corrected chi connectivity index (χ2v) is 10.2. The van der Waals surface area contributed by atoms with Crippen LogP contribution in [-0.2, 0) is 14.4 Å². The van der Waals surface area contributed by atoms with Crippen LogP contribution in [0.2, 0.25) is 0 Å². The molecule has 2 aromatic rings. The molecule has 0 radical (unpaired) electrons. The average Bonchev–Trinajstić information content (AvgIpc) is 3.05. The van der Waals surface area contributed by atoms with Crippen LogP contribution in [0.25, 0.3) is 0 Å². The Bertz CT molecular complexity index is 1230. The molecule has 40 heavy (non-hydrogen) atoms. The number of anilines is 1. The van der Waals surface area contributed by atoms with Gasteiger partial charge in [0.05, 0.1) is 18.1 Å². The summed E-state index contributed by atoms with van der Waals surface area (Å²) < 4.78 is 39.3. The Morgan fingerprint density at radius 2 is 1.70 bits per heavy atom. The number of carbonyl (C=O) groups is 3. The van der Waals surface area contributed by atoms with Crippen molar-refractivity contribution in [2.75, 3.05) is 31.7 Å². The van der Waals surface area contributed by atoms with Gasteiger partial charge in [-0.15, -0.1) is 0 Å². The summed E-state index contributed by atoms with van der Waals surface area (Å²) in [4.78, 5) is 47.4. The second kappa shape index (κ2) is 13.1. The van der Waals surface area contributed by atoms with Gasteiger partial charge >= 0.3 is 6.18 Å². The molecule has 2 N–H and O–H groups in total. The number of likely N-dealkylation sites (tertiary alicyclic amines) is 1. The Morgan fingerprint density at radius 1 is 1.02 bits per heavy atom. The summed E-state index contributed by atoms with van der Waals surface area (Å²) in [6, 6.07) is 16.3. The fourth-order valence-corrected chi connectivity index (χ4v) is 4.97. The predicted octanol–water partition coefficient (Wildman–Crippen LogP) is 3.85. The smallest absolute Gasteiger partial charge is 0.343 e. The van der Waals surface area contributed by atoms with Crippen molar-refractivity contribution >= 4 is 29.1 Å². The highest BCUT2D eigenvalue weighted by Crippen LogP contribution is 2.28. The number of benzodiazepines with no additional fused rings is 1. The van der Waals surface area contributed by atoms with Gasteiger partial charge in [0.1, 0.15) is 0 Å². The Morgan fingerprint density at radius 3 is 2.40 bits per heavy atom. The summed E-state index contributed by atoms with van der Waals surface area (Å²) in [6.07, 6.45) is -4.96. The van der Waals surface area contributed by atoms with E-state index in [0.717, 1.165) is 32.4 Å². The quantitative estimate of drug-likeness (QED) is 0.490. The van der Waals surface area contributed by atoms with Crippen LogP contribution in [0.5, 0.6) is 0 Å². The van der Waals surface area contributed by atoms with Gasteiger partial charge in [-0.05, 0) is 38.4 Å². The molecule has 2 aliphatic rings. The normalized spacial score (nSPS) is 18.8. The van der Waals surface area contributed by atoms with Crippen molar-refractivity contribution in [1.82, 2.24) is 15.5 Å². The number of nitrogens with zero attached hydrogens (tertiary/aromatic N) is 3. The minimum atomic E-state index is -4.50. The fourth-order valence-electron chi connectivity index (χ4n) is 4.97. The number of nitrogens with one attached hydrogen (secondary N) is 2. The molecule has 0 aliphatic carbocycles. The zero-order valence-corrected chi connectivity index (χ0v) is 22.4. The summed E-state index contributed by atoms with van der Waals surface area (Å²) in [6.45, 7) is 1.95. The summed E-state index contributed by atoms with van der Waals surface area (Å²) in [5, 5.41) is 5.27. The topological polar surface area (TPSA) is 94.1 Å². The molecule has 4 rings (SSSR count). The van der Waals surface area contributed by atoms with Crippen LogP contribution >= 0.6 is 0 Å². The lowest BCUT2D eigenvalue weighted by Gasteiger charge is -2.27. The average molecular weight is 558 g/mol. The number of hydrogen-bond donors (Lipinski definition) is 2. The van der Waals surface area contributed by atoms with Gasteiger partial charge in [-0.25, -0.2) is 4.99 Å². The Hall–Kier alpha value is -3.73. The van der Waals surface area contributed by atoms with E-state index in [0.29, 0.717) is 22.5 Å². The molecule has 8 nitrogen and oxygen atoms in total. The number of fused-ring (bicyclic) bond motifs is 1. The van der Waals surface area contributed by atoms with E-state index in [1.165, 1.54) is 4.90 Å². The van der Waals surface area contributed by atoms with Crippen LogP contribution in [0.15, 0.2) is 59.6 Å². The first-order valence-corrected chi connectivity index (χ1v) is 13.5. The Kier molecular flexibility index (Phi) is 9.57. The first kappa shape index (κ1) is 29.3. The molecular weight excluding hydrogens is 523 g/mol. The van der Waals surface area contributed by atoms with E-state index in [9.17, 15) is 27.6 Å². The number of aliphatic imine (C=N–C) groups is 1. The number of rotatable bonds is 9. The van der Waals surface area contributed by atoms with Crippen LogP contribution in [0, 0.1) is 5.92 Å². The molecule has 0 saturated carbocycles. The number of benzene rings is 2. The molecule has 1 fully saturated rings. The van der Waals surface area contributed by atoms with Crippen molar-refractivity contribution in [3.05, 3.63) is 65.7 Å². The first-order valence-electron chi connectivity index (χ1n) is 13.5. The van der Waals surface area contributed by atoms with Crippen LogP contribution in [0.1, 0.15) is 49.7 Å². The molecule has 214 valence electrons. The summed E-state index contributed by atoms with van der Waals surface area (Å²) in [5.74, 6) is -3.18. The number of amides is 3. The first-order chi connectivity index (χ1) is 19.1. The van der Waals surface area contributed by atoms with E-state index in [1.54, 1.807) is 19.2 Å². The van der Waals surface area contributed by atoms with E-state index in [1.807, 2.05) is 42.5 Å². The van der Waals surface area contributed by atoms with E-state index < -0.39 is 55.2 Å². The highest BCUT2D eigenvalue weighted by Gasteiger charge is 2.35. The van der Waals surface area contributed by atoms with Crippen molar-refractivity contribution in [2.45, 2.75) is 50.9 Å². The molecule has 2 unspecified atom stereocenters. The minimum absolute atomic E-state index is 0.279. The Labute approximate surface area is 231 Å². The van der Waals surface area contributed by atoms with Gasteiger partial charge in [-0.2, -0.15) is 13.2 Å². The zero-order valence-electron chi connectivity index (χ0n) is 22.4. The van der Waals surface area contributed by atoms with Gasteiger partial charge in [-0.1, -0.05) is 55.0 Å². The van der Waals surface area contributed by atoms with E-state index >= 15 is 0 Å². The number of alkyl halides is 3. The number of piperidine rings is 1. The van der Waals surface area contributed by atoms with Gasteiger partial charge in [0, 0.05) is 36.9 Å². The van der Waals surface area contributed by atoms with Gasteiger partial charge in [0.25, 0.3) is 5.91 Å². The Balaban J connectivity index is 1.54. The number of halogens is 3. The largest absolute Gasteiger partial charge is 0.389 e. The molecule has 2 heterocycles. The predicted molar refractivity (Wildman–Crippen MR) is 146 cm³/mol. The number of para-hydroxylation sites is 1. The lowest BCUT2D eigenvalue weighted by molar-refractivity contribution is -0.144. The molecule has 11 heteroatoms. The molecule has 2 aromatic carbocycles. The maximum atomic E-state index is 13.4. The molecule has 1 saturated heterocycles. The molecule has 0 aromatic heterocycles. The van der Waals surface area contributed by atoms with E-state index in [-0.39, 0.29) is 6.67 Å². The molecule has 3 amide bonds. The van der Waals surface area contributed by atoms with Gasteiger partial charge < -0.3 is 15.5 Å². The third-order valence-electron chi connectivity index (χ3n) is 7.20. The van der Waals surface area contributed by atoms with Gasteiger partial charge in [0.2, 0.25) is 18.0 Å². The molecule has 0 bridgehead atoms. The molecule has 2 aliphatic heterocycles. The summed E-state index contributed by atoms with van der Waals surface area (Å²) >= 11 is 0. The van der Waals surface area contributed by atoms with Crippen LogP contribution in [-0.4, -0.2) is 67.5 Å². The number of likely N-dealkylation sites (N-methyl/N-ethyl adjacent to an activating group) is 1. The summed E-state index contributed by atoms with van der Waals surface area (Å²) in [7, 11) is 1.55. The SMILES string of the molecule is CN1C(=O)C(NC(=O)C(CCC(F)(F)F)CC(=O)NCN2CCCCC2)N=C(c2ccccc2)c2ccccc21. The molecule has 2 atom stereocenters. The van der Waals surface area contributed by atoms with Crippen LogP contribution in [0.4, 0.5) is 18.9 Å². The van der Waals surface area contributed by atoms with Crippen LogP contribution < -0.4 is 15.5 Å². The van der Waals surface area contributed by atoms with E-state index in [2.05, 4.69) is 20.5 Å². The van der Waals surface area contributed by atoms with Crippen molar-refractivity contribution in [1.29, 1.82) is 0 Å². The zero-order chi connectivity index (χ0) is 28.7. The fraction of sp³-hybridized carbons (Fsp3) is 0.448. The number of carbonyl (C=O) groups excluding carboxylic acids is 3. The summed E-state index contributed by atoms with van der Waals surface area (Å²) in [5.41, 5.74) is 2.43. The lowest BCUT2D eigenvalue weighted by Crippen LogP contribution is -2.48. The standard InChI is InChI=1S/C29H34F3N5O3/c1-36-23-13-7-6-12-22(23)25(20-10-4-2-5-11-20)34-26(28(36)40)35-27(39)21(14-15-29(30,31)32)18-24(38)33-19-37-16-8-3-9-17-37/h2,4-7,10-13,21,26H,3,8-9,14-19H2,1H3,(H,33,38)(H,35,39). The maximum Gasteiger partial charge on any atom is 0.389 e. The van der Waals surface area contributed by atoms with Crippen molar-refractivity contribution in [3.63, 3.8) is 0 Å². The highest BCUT2D eigenvalue weighted by atomic mass is 19.4. The minimum Gasteiger partial charge on any atom is -0.343 e. The van der Waals surface area contributed by atoms with Crippen molar-refractivity contribution in [3.8, 4) is 0 Å². The molecule has 0 spiro atoms. The third-order valence-corrected chi connectivity index (χ3v) is 7.20.